The van der Waals surface area contributed by atoms with E-state index in [4.69, 9.17) is 0 Å². The number of aryl methyl sites for hydroxylation is 1. The van der Waals surface area contributed by atoms with Crippen molar-refractivity contribution in [1.29, 1.82) is 0 Å². The van der Waals surface area contributed by atoms with Crippen molar-refractivity contribution >= 4 is 42.5 Å². The van der Waals surface area contributed by atoms with Crippen molar-refractivity contribution < 1.29 is 23.3 Å². The van der Waals surface area contributed by atoms with E-state index in [2.05, 4.69) is 108 Å². The number of hydrogen-bond donors (Lipinski definition) is 0. The molecule has 1 aliphatic carbocycles. The average molecular weight is 577 g/mol. The topological polar surface area (TPSA) is 0 Å². The van der Waals surface area contributed by atoms with Gasteiger partial charge in [-0.3, -0.25) is 6.08 Å². The summed E-state index contributed by atoms with van der Waals surface area (Å²) in [6.45, 7) is 14.0. The van der Waals surface area contributed by atoms with Crippen LogP contribution in [0.1, 0.15) is 46.6 Å². The Hall–Kier alpha value is -0.790. The van der Waals surface area contributed by atoms with E-state index in [-0.39, 0.29) is 39.7 Å². The predicted octanol–water partition coefficient (Wildman–Crippen LogP) is 9.26. The third kappa shape index (κ3) is 9.77. The number of allylic oxidation sites excluding steroid dienone is 4. The Bertz CT molecular complexity index is 1000. The summed E-state index contributed by atoms with van der Waals surface area (Å²) >= 11 is 1.36. The van der Waals surface area contributed by atoms with Crippen LogP contribution in [0.3, 0.4) is 0 Å². The van der Waals surface area contributed by atoms with Gasteiger partial charge in [0.25, 0.3) is 0 Å². The number of halogens is 2. The van der Waals surface area contributed by atoms with Crippen molar-refractivity contribution in [3.8, 4) is 11.1 Å². The van der Waals surface area contributed by atoms with Crippen molar-refractivity contribution in [3.05, 3.63) is 104 Å². The molecule has 0 saturated carbocycles. The van der Waals surface area contributed by atoms with Crippen molar-refractivity contribution in [2.45, 2.75) is 47.5 Å². The zero-order valence-electron chi connectivity index (χ0n) is 21.1. The fourth-order valence-corrected chi connectivity index (χ4v) is 3.70. The van der Waals surface area contributed by atoms with E-state index < -0.39 is 0 Å². The zero-order valence-corrected chi connectivity index (χ0v) is 26.2. The Labute approximate surface area is 232 Å². The first-order valence-corrected chi connectivity index (χ1v) is 14.5. The maximum atomic E-state index is 3.36. The second-order valence-electron chi connectivity index (χ2n) is 7.58. The Morgan fingerprint density at radius 2 is 1.52 bits per heavy atom. The number of benzene rings is 2. The molecule has 0 fully saturated rings. The van der Waals surface area contributed by atoms with Crippen LogP contribution in [0, 0.1) is 26.8 Å². The molecular weight excluding hydrogens is 539 g/mol. The standard InChI is InChI=1S/C18H17.C9H13.2CH3.2ClH.Si.Zr/c1-2-5-14-8-10-16(11-9-14)18-13-12-15-6-3-4-7-17(15)18;1-6-5-7(2)9(4)8(6)3;;;;;;/h3-4,6-13H,2,5H2,1H3;6H,1-4H3;2*1H3;2*1H;;/q4*-1;;;;. The van der Waals surface area contributed by atoms with Gasteiger partial charge in [-0.15, -0.1) is 78.4 Å². The van der Waals surface area contributed by atoms with Crippen LogP contribution in [-0.4, -0.2) is 6.88 Å². The van der Waals surface area contributed by atoms with Crippen molar-refractivity contribution in [2.75, 3.05) is 0 Å². The molecular formula is C29H38Cl2SiZr-4. The molecule has 1 atom stereocenters. The number of rotatable bonds is 3. The van der Waals surface area contributed by atoms with Gasteiger partial charge < -0.3 is 14.9 Å². The first-order chi connectivity index (χ1) is 14.0. The first-order valence-electron chi connectivity index (χ1n) is 10.3. The summed E-state index contributed by atoms with van der Waals surface area (Å²) in [5.74, 6) is 0.560. The summed E-state index contributed by atoms with van der Waals surface area (Å²) in [5, 5.41) is 2.67. The molecule has 0 amide bonds. The molecule has 2 radical (unpaired) electrons. The summed E-state index contributed by atoms with van der Waals surface area (Å²) in [6, 6.07) is 22.0. The van der Waals surface area contributed by atoms with E-state index in [9.17, 15) is 0 Å². The van der Waals surface area contributed by atoms with Crippen LogP contribution in [0.25, 0.3) is 21.9 Å². The number of fused-ring (bicyclic) bond motifs is 1. The Kier molecular flexibility index (Phi) is 20.6. The summed E-state index contributed by atoms with van der Waals surface area (Å²) in [5.41, 5.74) is 8.33. The molecule has 0 bridgehead atoms. The van der Waals surface area contributed by atoms with Gasteiger partial charge in [-0.25, -0.2) is 5.57 Å². The summed E-state index contributed by atoms with van der Waals surface area (Å²) in [4.78, 5) is 0. The van der Waals surface area contributed by atoms with Crippen LogP contribution >= 0.6 is 24.8 Å². The first kappa shape index (κ1) is 36.8. The van der Waals surface area contributed by atoms with Crippen LogP contribution in [-0.2, 0) is 29.8 Å². The molecule has 0 saturated heterocycles. The van der Waals surface area contributed by atoms with Crippen LogP contribution in [0.2, 0.25) is 0 Å². The second kappa shape index (κ2) is 18.5. The molecule has 4 rings (SSSR count). The van der Waals surface area contributed by atoms with Gasteiger partial charge in [-0.05, 0) is 12.0 Å². The van der Waals surface area contributed by atoms with Gasteiger partial charge in [0.05, 0.1) is 0 Å². The van der Waals surface area contributed by atoms with Crippen molar-refractivity contribution in [2.24, 2.45) is 5.92 Å². The third-order valence-electron chi connectivity index (χ3n) is 5.72. The molecule has 180 valence electrons. The van der Waals surface area contributed by atoms with Gasteiger partial charge >= 0.3 is 30.2 Å². The van der Waals surface area contributed by atoms with Gasteiger partial charge in [0.15, 0.2) is 0 Å². The molecule has 0 aromatic heterocycles. The summed E-state index contributed by atoms with van der Waals surface area (Å²) in [7, 11) is 0. The normalized spacial score (nSPS) is 13.5. The van der Waals surface area contributed by atoms with E-state index in [1.807, 2.05) is 0 Å². The average Bonchev–Trinajstić information content (AvgIpc) is 3.28. The Morgan fingerprint density at radius 1 is 0.939 bits per heavy atom. The van der Waals surface area contributed by atoms with Crippen LogP contribution in [0.5, 0.6) is 0 Å². The van der Waals surface area contributed by atoms with Crippen molar-refractivity contribution in [3.63, 3.8) is 0 Å². The van der Waals surface area contributed by atoms with Gasteiger partial charge in [0.1, 0.15) is 0 Å². The van der Waals surface area contributed by atoms with Crippen LogP contribution < -0.4 is 0 Å². The minimum absolute atomic E-state index is 0. The molecule has 3 aromatic rings. The van der Waals surface area contributed by atoms with Crippen LogP contribution in [0.15, 0.2) is 77.4 Å². The fourth-order valence-electron chi connectivity index (χ4n) is 3.70. The molecule has 0 nitrogen and oxygen atoms in total. The molecule has 1 unspecified atom stereocenters. The second-order valence-corrected chi connectivity index (χ2v) is 7.58. The van der Waals surface area contributed by atoms with E-state index in [0.29, 0.717) is 5.92 Å². The molecule has 0 aliphatic heterocycles. The minimum atomic E-state index is 0. The fraction of sp³-hybridized carbons (Fsp3) is 0.276. The molecule has 1 aliphatic rings. The molecule has 3 aromatic carbocycles. The zero-order chi connectivity index (χ0) is 21.4. The third-order valence-corrected chi connectivity index (χ3v) is 5.72. The Balaban J connectivity index is -0.000000522. The monoisotopic (exact) mass is 574 g/mol. The maximum absolute atomic E-state index is 3.36. The quantitative estimate of drug-likeness (QED) is 0.215. The van der Waals surface area contributed by atoms with Gasteiger partial charge in [0.2, 0.25) is 0 Å². The van der Waals surface area contributed by atoms with Crippen LogP contribution in [0.4, 0.5) is 0 Å². The van der Waals surface area contributed by atoms with E-state index in [1.54, 1.807) is 0 Å². The molecule has 33 heavy (non-hydrogen) atoms. The van der Waals surface area contributed by atoms with E-state index in [0.717, 1.165) is 0 Å². The number of hydrogen-bond acceptors (Lipinski definition) is 0. The van der Waals surface area contributed by atoms with Gasteiger partial charge in [-0.1, -0.05) is 75.9 Å². The SMILES string of the molecule is CC1=[C-]C(C)C(C)=C1C.CCCc1ccc(-c2c[cH-]c3ccccc23)cc1.Cl.Cl.[CH3-].[CH3-].[Si]=[Zr]. The summed E-state index contributed by atoms with van der Waals surface area (Å²) < 4.78 is 0. The van der Waals surface area contributed by atoms with Gasteiger partial charge in [-0.2, -0.15) is 11.1 Å². The van der Waals surface area contributed by atoms with Gasteiger partial charge in [0, 0.05) is 0 Å². The van der Waals surface area contributed by atoms with E-state index in [1.165, 1.54) is 80.4 Å². The molecule has 0 spiro atoms. The molecule has 4 heteroatoms. The Morgan fingerprint density at radius 3 is 1.97 bits per heavy atom. The molecule has 0 heterocycles. The van der Waals surface area contributed by atoms with Crippen molar-refractivity contribution in [1.82, 2.24) is 0 Å². The van der Waals surface area contributed by atoms with E-state index >= 15 is 0 Å². The summed E-state index contributed by atoms with van der Waals surface area (Å²) in [6.07, 6.45) is 5.73. The molecule has 0 N–H and O–H groups in total. The predicted molar refractivity (Wildman–Crippen MR) is 152 cm³/mol.